The summed E-state index contributed by atoms with van der Waals surface area (Å²) >= 11 is 0. The number of hydrogen-bond acceptors (Lipinski definition) is 11. The van der Waals surface area contributed by atoms with Gasteiger partial charge >= 0.3 is 5.97 Å². The average molecular weight is 685 g/mol. The molecule has 5 aliphatic rings. The van der Waals surface area contributed by atoms with Crippen LogP contribution in [-0.2, 0) is 38.0 Å². The van der Waals surface area contributed by atoms with Gasteiger partial charge in [0.25, 0.3) is 0 Å². The van der Waals surface area contributed by atoms with Crippen LogP contribution in [0.25, 0.3) is 0 Å². The smallest absolute Gasteiger partial charge is 0.311 e. The molecule has 0 saturated carbocycles. The molecule has 0 radical (unpaired) electrons. The average Bonchev–Trinajstić information content (AvgIpc) is 3.77. The van der Waals surface area contributed by atoms with Gasteiger partial charge in [-0.15, -0.1) is 0 Å². The van der Waals surface area contributed by atoms with Crippen LogP contribution in [-0.4, -0.2) is 108 Å². The van der Waals surface area contributed by atoms with E-state index in [1.165, 1.54) is 7.11 Å². The molecular weight excluding hydrogens is 620 g/mol. The highest BCUT2D eigenvalue weighted by Gasteiger charge is 2.62. The Balaban J connectivity index is 1.28. The monoisotopic (exact) mass is 684 g/mol. The molecule has 0 aromatic carbocycles. The third-order valence-corrected chi connectivity index (χ3v) is 13.2. The molecule has 17 atom stereocenters. The molecule has 0 bridgehead atoms. The molecule has 0 amide bonds. The lowest BCUT2D eigenvalue weighted by Gasteiger charge is -2.49. The topological polar surface area (TPSA) is 142 Å². The summed E-state index contributed by atoms with van der Waals surface area (Å²) in [5, 5.41) is 32.3. The van der Waals surface area contributed by atoms with Gasteiger partial charge in [0, 0.05) is 37.7 Å². The zero-order valence-corrected chi connectivity index (χ0v) is 31.0. The van der Waals surface area contributed by atoms with Crippen LogP contribution in [0.2, 0.25) is 0 Å². The Bertz CT molecular complexity index is 1120. The van der Waals surface area contributed by atoms with Gasteiger partial charge in [0.05, 0.1) is 73.6 Å². The Labute approximate surface area is 287 Å². The van der Waals surface area contributed by atoms with Gasteiger partial charge in [-0.25, -0.2) is 0 Å². The first-order valence-electron chi connectivity index (χ1n) is 18.5. The normalized spacial score (nSPS) is 50.0. The summed E-state index contributed by atoms with van der Waals surface area (Å²) < 4.78 is 44.7. The maximum atomic E-state index is 12.4. The predicted molar refractivity (Wildman–Crippen MR) is 177 cm³/mol. The Hall–Kier alpha value is -0.890. The van der Waals surface area contributed by atoms with Crippen molar-refractivity contribution in [2.24, 2.45) is 35.5 Å². The highest BCUT2D eigenvalue weighted by atomic mass is 16.7. The molecule has 278 valence electrons. The molecule has 3 N–H and O–H groups in total. The number of rotatable bonds is 10. The van der Waals surface area contributed by atoms with Crippen molar-refractivity contribution in [1.29, 1.82) is 0 Å². The molecule has 0 aromatic rings. The van der Waals surface area contributed by atoms with E-state index in [-0.39, 0.29) is 60.0 Å². The molecule has 1 spiro atoms. The minimum atomic E-state index is -1.56. The minimum absolute atomic E-state index is 0.143. The van der Waals surface area contributed by atoms with Gasteiger partial charge in [0.15, 0.2) is 11.6 Å². The third-order valence-electron chi connectivity index (χ3n) is 13.2. The summed E-state index contributed by atoms with van der Waals surface area (Å²) in [6.45, 7) is 15.9. The molecule has 11 heteroatoms. The Morgan fingerprint density at radius 2 is 1.71 bits per heavy atom. The summed E-state index contributed by atoms with van der Waals surface area (Å²) in [5.41, 5.74) is -1.12. The quantitative estimate of drug-likeness (QED) is 0.283. The van der Waals surface area contributed by atoms with Crippen molar-refractivity contribution >= 4 is 5.97 Å². The van der Waals surface area contributed by atoms with Gasteiger partial charge in [-0.2, -0.15) is 0 Å². The molecule has 5 heterocycles. The largest absolute Gasteiger partial charge is 0.469 e. The van der Waals surface area contributed by atoms with E-state index >= 15 is 0 Å². The number of hydrogen-bond donors (Lipinski definition) is 3. The van der Waals surface area contributed by atoms with Crippen molar-refractivity contribution in [2.45, 2.75) is 172 Å². The molecule has 5 saturated heterocycles. The van der Waals surface area contributed by atoms with E-state index in [2.05, 4.69) is 27.7 Å². The van der Waals surface area contributed by atoms with Crippen LogP contribution in [0.15, 0.2) is 0 Å². The van der Waals surface area contributed by atoms with Crippen molar-refractivity contribution in [1.82, 2.24) is 0 Å². The van der Waals surface area contributed by atoms with Crippen molar-refractivity contribution < 1.29 is 53.3 Å². The maximum Gasteiger partial charge on any atom is 0.311 e. The lowest BCUT2D eigenvalue weighted by atomic mass is 9.78. The summed E-state index contributed by atoms with van der Waals surface area (Å²) in [4.78, 5) is 12.4. The minimum Gasteiger partial charge on any atom is -0.469 e. The molecule has 5 fully saturated rings. The number of aliphatic hydroxyl groups is 3. The van der Waals surface area contributed by atoms with Crippen LogP contribution in [0, 0.1) is 35.5 Å². The fourth-order valence-corrected chi connectivity index (χ4v) is 10.1. The second-order valence-electron chi connectivity index (χ2n) is 16.5. The fourth-order valence-electron chi connectivity index (χ4n) is 10.1. The van der Waals surface area contributed by atoms with Crippen LogP contribution in [0.3, 0.4) is 0 Å². The molecule has 0 aromatic heterocycles. The van der Waals surface area contributed by atoms with Gasteiger partial charge in [-0.3, -0.25) is 4.79 Å². The Morgan fingerprint density at radius 1 is 1.00 bits per heavy atom. The first kappa shape index (κ1) is 38.3. The first-order chi connectivity index (χ1) is 22.5. The van der Waals surface area contributed by atoms with Crippen molar-refractivity contribution in [3.63, 3.8) is 0 Å². The number of esters is 1. The fraction of sp³-hybridized carbons (Fsp3) is 0.973. The van der Waals surface area contributed by atoms with Crippen LogP contribution in [0.1, 0.15) is 107 Å². The van der Waals surface area contributed by atoms with Crippen molar-refractivity contribution in [2.75, 3.05) is 20.8 Å². The highest BCUT2D eigenvalue weighted by molar-refractivity contribution is 5.72. The lowest BCUT2D eigenvalue weighted by molar-refractivity contribution is -0.336. The van der Waals surface area contributed by atoms with E-state index in [4.69, 9.17) is 33.2 Å². The van der Waals surface area contributed by atoms with E-state index in [0.717, 1.165) is 38.5 Å². The first-order valence-corrected chi connectivity index (χ1v) is 18.5. The summed E-state index contributed by atoms with van der Waals surface area (Å²) in [5.74, 6) is -3.52. The van der Waals surface area contributed by atoms with E-state index < -0.39 is 53.6 Å². The molecule has 1 unspecified atom stereocenters. The highest BCUT2D eigenvalue weighted by Crippen LogP contribution is 2.55. The summed E-state index contributed by atoms with van der Waals surface area (Å²) in [6, 6.07) is 0. The summed E-state index contributed by atoms with van der Waals surface area (Å²) in [6.07, 6.45) is 3.37. The molecule has 5 rings (SSSR count). The number of carbonyl (C=O) groups excluding carboxylic acids is 1. The third kappa shape index (κ3) is 6.74. The number of aliphatic hydroxyl groups excluding tert-OH is 2. The predicted octanol–water partition coefficient (Wildman–Crippen LogP) is 4.36. The molecule has 0 aliphatic carbocycles. The van der Waals surface area contributed by atoms with Gasteiger partial charge < -0.3 is 48.5 Å². The van der Waals surface area contributed by atoms with Gasteiger partial charge in [0.2, 0.25) is 0 Å². The van der Waals surface area contributed by atoms with E-state index in [9.17, 15) is 20.1 Å². The van der Waals surface area contributed by atoms with E-state index in [0.29, 0.717) is 12.8 Å². The number of carbonyl (C=O) groups is 1. The number of ether oxygens (including phenoxy) is 7. The van der Waals surface area contributed by atoms with E-state index in [1.54, 1.807) is 14.0 Å². The molecular formula is C37H64O11. The Kier molecular flexibility index (Phi) is 11.4. The molecule has 5 aliphatic heterocycles. The Morgan fingerprint density at radius 3 is 2.33 bits per heavy atom. The standard InChI is InChI=1S/C37H64O11/c1-11-35(32-21(3)17-27(44-32)29-20(2)16-22(4)37(41,19-38)47-29)13-12-28(45-35)34(8)14-15-36(48-34)18-26(39)23(5)31(46-36)24(6)30(42-9)25(7)33(40)43-10/h20-32,38-39,41H,11-19H2,1-10H3/t20-,21+,22+,23+,24+,25-,26-,27-,28+,29-,30+,31-,32-,34-,35-,36?,37-/m0/s1. The SMILES string of the molecule is CC[C@@]1([C@H]2O[C@H]([C@H]3O[C@@](O)(CO)[C@H](C)C[C@@H]3C)C[C@H]2C)CC[C@H]([C@]2(C)CCC3(C[C@H](O)[C@@H](C)[C@@H]([C@H](C)[C@@H](OC)[C@H](C)C(=O)OC)O3)O2)O1. The lowest BCUT2D eigenvalue weighted by Crippen LogP contribution is -2.57. The zero-order valence-electron chi connectivity index (χ0n) is 31.0. The van der Waals surface area contributed by atoms with Crippen LogP contribution in [0.4, 0.5) is 0 Å². The second kappa shape index (κ2) is 14.3. The van der Waals surface area contributed by atoms with Crippen molar-refractivity contribution in [3.05, 3.63) is 0 Å². The van der Waals surface area contributed by atoms with Crippen molar-refractivity contribution in [3.8, 4) is 0 Å². The zero-order chi connectivity index (χ0) is 35.4. The van der Waals surface area contributed by atoms with Crippen LogP contribution >= 0.6 is 0 Å². The molecule has 11 nitrogen and oxygen atoms in total. The van der Waals surface area contributed by atoms with Crippen LogP contribution in [0.5, 0.6) is 0 Å². The molecule has 48 heavy (non-hydrogen) atoms. The maximum absolute atomic E-state index is 12.4. The van der Waals surface area contributed by atoms with Gasteiger partial charge in [-0.1, -0.05) is 41.5 Å². The second-order valence-corrected chi connectivity index (χ2v) is 16.5. The van der Waals surface area contributed by atoms with Gasteiger partial charge in [0.1, 0.15) is 0 Å². The van der Waals surface area contributed by atoms with Gasteiger partial charge in [-0.05, 0) is 64.2 Å². The van der Waals surface area contributed by atoms with E-state index in [1.807, 2.05) is 20.8 Å². The number of methoxy groups -OCH3 is 2. The van der Waals surface area contributed by atoms with Crippen LogP contribution < -0.4 is 0 Å². The summed E-state index contributed by atoms with van der Waals surface area (Å²) in [7, 11) is 2.97.